The number of esters is 2. The van der Waals surface area contributed by atoms with Gasteiger partial charge in [-0.15, -0.1) is 5.92 Å². The van der Waals surface area contributed by atoms with Crippen molar-refractivity contribution in [2.24, 2.45) is 52.1 Å². The number of nitrogens with two attached hydrogens (primary N) is 1. The molecule has 8 rings (SSSR count). The minimum atomic E-state index is -1.13. The van der Waals surface area contributed by atoms with Crippen molar-refractivity contribution >= 4 is 17.7 Å². The van der Waals surface area contributed by atoms with Crippen molar-refractivity contribution in [3.05, 3.63) is 71.3 Å². The van der Waals surface area contributed by atoms with Gasteiger partial charge in [0, 0.05) is 30.2 Å². The molecule has 10 unspecified atom stereocenters. The Morgan fingerprint density at radius 1 is 1.09 bits per heavy atom. The number of hydrogen-bond donors (Lipinski definition) is 1. The van der Waals surface area contributed by atoms with Crippen LogP contribution in [0, 0.1) is 58.2 Å². The molecule has 10 atom stereocenters. The zero-order chi connectivity index (χ0) is 31.7. The number of fused-ring (bicyclic) bond motifs is 4. The van der Waals surface area contributed by atoms with E-state index < -0.39 is 22.5 Å². The number of Topliss-reactive ketones (excluding diaryl/α,β-unsaturated/α-hetero) is 1. The van der Waals surface area contributed by atoms with Crippen LogP contribution in [0.1, 0.15) is 92.6 Å². The molecule has 46 heavy (non-hydrogen) atoms. The number of aryl methyl sites for hydroxylation is 1. The van der Waals surface area contributed by atoms with Crippen LogP contribution in [-0.4, -0.2) is 30.4 Å². The number of ketones is 1. The van der Waals surface area contributed by atoms with Gasteiger partial charge in [0.15, 0.2) is 17.5 Å². The highest BCUT2D eigenvalue weighted by atomic mass is 16.6. The minimum absolute atomic E-state index is 0.0393. The molecule has 2 heterocycles. The Labute approximate surface area is 272 Å². The Morgan fingerprint density at radius 2 is 1.96 bits per heavy atom. The van der Waals surface area contributed by atoms with E-state index in [2.05, 4.69) is 49.1 Å². The van der Waals surface area contributed by atoms with Gasteiger partial charge in [-0.3, -0.25) is 9.59 Å². The van der Waals surface area contributed by atoms with Crippen molar-refractivity contribution in [3.63, 3.8) is 0 Å². The van der Waals surface area contributed by atoms with Crippen molar-refractivity contribution in [1.82, 2.24) is 0 Å². The van der Waals surface area contributed by atoms with Gasteiger partial charge in [0.1, 0.15) is 5.41 Å². The average Bonchev–Trinajstić information content (AvgIpc) is 3.52. The molecule has 2 N–H and O–H groups in total. The normalized spacial score (nSPS) is 41.1. The Hall–Kier alpha value is -3.43. The van der Waals surface area contributed by atoms with Crippen molar-refractivity contribution in [3.8, 4) is 11.8 Å². The van der Waals surface area contributed by atoms with Gasteiger partial charge in [-0.1, -0.05) is 80.3 Å². The average molecular weight is 620 g/mol. The molecule has 1 aromatic rings. The molecular weight excluding hydrogens is 574 g/mol. The third kappa shape index (κ3) is 3.84. The maximum absolute atomic E-state index is 14.7. The molecule has 7 aliphatic rings. The summed E-state index contributed by atoms with van der Waals surface area (Å²) in [5.74, 6) is 7.49. The molecule has 2 aliphatic heterocycles. The molecule has 2 spiro atoms. The van der Waals surface area contributed by atoms with Gasteiger partial charge in [0.2, 0.25) is 0 Å². The summed E-state index contributed by atoms with van der Waals surface area (Å²) >= 11 is 0. The van der Waals surface area contributed by atoms with Crippen molar-refractivity contribution in [2.75, 3.05) is 6.54 Å². The molecule has 0 aromatic heterocycles. The lowest BCUT2D eigenvalue weighted by Crippen LogP contribution is -2.78. The molecule has 2 saturated carbocycles. The van der Waals surface area contributed by atoms with E-state index in [1.54, 1.807) is 0 Å². The third-order valence-corrected chi connectivity index (χ3v) is 12.9. The largest absolute Gasteiger partial charge is 0.453 e. The topological polar surface area (TPSA) is 95.7 Å². The molecule has 0 amide bonds. The summed E-state index contributed by atoms with van der Waals surface area (Å²) < 4.78 is 13.0. The molecule has 3 fully saturated rings. The predicted molar refractivity (Wildman–Crippen MR) is 174 cm³/mol. The number of hydrogen-bond acceptors (Lipinski definition) is 6. The zero-order valence-electron chi connectivity index (χ0n) is 26.8. The fourth-order valence-corrected chi connectivity index (χ4v) is 11.3. The smallest absolute Gasteiger partial charge is 0.339 e. The Morgan fingerprint density at radius 3 is 2.80 bits per heavy atom. The highest BCUT2D eigenvalue weighted by Crippen LogP contribution is 2.83. The number of rotatable bonds is 7. The fraction of sp³-hybridized carbons (Fsp3) is 0.575. The summed E-state index contributed by atoms with van der Waals surface area (Å²) in [5, 5.41) is 0. The lowest BCUT2D eigenvalue weighted by molar-refractivity contribution is -0.294. The molecular formula is C40H45NO5. The third-order valence-electron chi connectivity index (χ3n) is 12.9. The predicted octanol–water partition coefficient (Wildman–Crippen LogP) is 6.38. The fourth-order valence-electron chi connectivity index (χ4n) is 11.3. The van der Waals surface area contributed by atoms with Crippen molar-refractivity contribution in [1.29, 1.82) is 0 Å². The van der Waals surface area contributed by atoms with Crippen LogP contribution in [0.2, 0.25) is 0 Å². The van der Waals surface area contributed by atoms with E-state index in [0.29, 0.717) is 62.0 Å². The summed E-state index contributed by atoms with van der Waals surface area (Å²) in [6.45, 7) is 2.62. The van der Waals surface area contributed by atoms with Gasteiger partial charge in [-0.2, -0.15) is 0 Å². The molecule has 2 bridgehead atoms. The standard InChI is InChI=1S/C40H45NO5/c1-2-9-33-38-20-19-25-10-5-11-26(22-29-15-6-13-27-12-3-4-17-30(27)29)23-32(42)35(45-37(38)44)39(38,24-25)40(33)31-18-7-14-28(16-8-21-41)34(31)36(43)46-40/h3-4,7,12,14,17-20,25-27,29-30,33,35H,2,6,8-9,11,13,15-16,21-24,41H2,1H3. The highest BCUT2D eigenvalue weighted by molar-refractivity contribution is 6.01. The van der Waals surface area contributed by atoms with Crippen LogP contribution < -0.4 is 5.73 Å². The zero-order valence-corrected chi connectivity index (χ0v) is 26.8. The molecule has 1 saturated heterocycles. The van der Waals surface area contributed by atoms with Gasteiger partial charge < -0.3 is 15.2 Å². The molecule has 6 nitrogen and oxygen atoms in total. The number of carbonyl (C=O) groups is 3. The Kier molecular flexibility index (Phi) is 7.21. The second kappa shape index (κ2) is 11.1. The SMILES string of the molecule is CCCC1C23C=CC4C#CCC(CC5CCCC6C=CC=CC65)CC(=O)C(OC2=O)C3(C4)C12OC(=O)c1c(CCCN)cccc12. The Balaban J connectivity index is 1.22. The van der Waals surface area contributed by atoms with E-state index in [1.165, 1.54) is 12.8 Å². The van der Waals surface area contributed by atoms with Crippen LogP contribution in [0.15, 0.2) is 54.7 Å². The van der Waals surface area contributed by atoms with E-state index in [-0.39, 0.29) is 35.5 Å². The van der Waals surface area contributed by atoms with Gasteiger partial charge >= 0.3 is 11.9 Å². The van der Waals surface area contributed by atoms with Crippen LogP contribution in [0.5, 0.6) is 0 Å². The lowest BCUT2D eigenvalue weighted by Gasteiger charge is -2.70. The van der Waals surface area contributed by atoms with Crippen molar-refractivity contribution in [2.45, 2.75) is 89.3 Å². The number of benzene rings is 1. The monoisotopic (exact) mass is 619 g/mol. The second-order valence-corrected chi connectivity index (χ2v) is 15.0. The van der Waals surface area contributed by atoms with E-state index in [1.807, 2.05) is 24.3 Å². The summed E-state index contributed by atoms with van der Waals surface area (Å²) in [4.78, 5) is 43.0. The van der Waals surface area contributed by atoms with Crippen molar-refractivity contribution < 1.29 is 23.9 Å². The van der Waals surface area contributed by atoms with Gasteiger partial charge in [0.05, 0.1) is 11.0 Å². The Bertz CT molecular complexity index is 1630. The molecule has 240 valence electrons. The summed E-state index contributed by atoms with van der Waals surface area (Å²) in [5.41, 5.74) is 5.00. The molecule has 6 heteroatoms. The van der Waals surface area contributed by atoms with E-state index >= 15 is 0 Å². The highest BCUT2D eigenvalue weighted by Gasteiger charge is 2.92. The quantitative estimate of drug-likeness (QED) is 0.216. The second-order valence-electron chi connectivity index (χ2n) is 15.0. The first kappa shape index (κ1) is 29.9. The number of allylic oxidation sites excluding steroid dienone is 5. The molecule has 1 aromatic carbocycles. The lowest BCUT2D eigenvalue weighted by atomic mass is 9.30. The summed E-state index contributed by atoms with van der Waals surface area (Å²) in [7, 11) is 0. The molecule has 0 radical (unpaired) electrons. The van der Waals surface area contributed by atoms with Gasteiger partial charge in [-0.05, 0) is 80.7 Å². The van der Waals surface area contributed by atoms with Gasteiger partial charge in [0.25, 0.3) is 0 Å². The van der Waals surface area contributed by atoms with Crippen LogP contribution in [0.4, 0.5) is 0 Å². The van der Waals surface area contributed by atoms with Crippen LogP contribution in [-0.2, 0) is 31.1 Å². The first-order valence-corrected chi connectivity index (χ1v) is 17.7. The van der Waals surface area contributed by atoms with Gasteiger partial charge in [-0.25, -0.2) is 4.79 Å². The van der Waals surface area contributed by atoms with Crippen LogP contribution in [0.3, 0.4) is 0 Å². The summed E-state index contributed by atoms with van der Waals surface area (Å²) in [6, 6.07) is 5.97. The van der Waals surface area contributed by atoms with E-state index in [4.69, 9.17) is 15.2 Å². The summed E-state index contributed by atoms with van der Waals surface area (Å²) in [6.07, 6.45) is 21.0. The maximum Gasteiger partial charge on any atom is 0.339 e. The van der Waals surface area contributed by atoms with Crippen LogP contribution >= 0.6 is 0 Å². The number of carbonyl (C=O) groups excluding carboxylic acids is 3. The maximum atomic E-state index is 14.7. The van der Waals surface area contributed by atoms with Crippen LogP contribution in [0.25, 0.3) is 0 Å². The van der Waals surface area contributed by atoms with E-state index in [9.17, 15) is 14.4 Å². The number of ether oxygens (including phenoxy) is 2. The van der Waals surface area contributed by atoms with E-state index in [0.717, 1.165) is 36.8 Å². The minimum Gasteiger partial charge on any atom is -0.453 e. The first-order valence-electron chi connectivity index (χ1n) is 17.7. The molecule has 5 aliphatic carbocycles. The first-order chi connectivity index (χ1) is 22.4.